The predicted molar refractivity (Wildman–Crippen MR) is 59.0 cm³/mol. The largest absolute Gasteiger partial charge is 0.480 e. The van der Waals surface area contributed by atoms with E-state index in [-0.39, 0.29) is 12.4 Å². The van der Waals surface area contributed by atoms with Gasteiger partial charge in [-0.2, -0.15) is 0 Å². The van der Waals surface area contributed by atoms with Gasteiger partial charge in [0.2, 0.25) is 0 Å². The zero-order valence-electron chi connectivity index (χ0n) is 8.97. The average Bonchev–Trinajstić information content (AvgIpc) is 2.28. The first-order valence-corrected chi connectivity index (χ1v) is 4.61. The molecule has 17 heavy (non-hydrogen) atoms. The van der Waals surface area contributed by atoms with Gasteiger partial charge < -0.3 is 9.84 Å². The van der Waals surface area contributed by atoms with E-state index in [1.807, 2.05) is 0 Å². The lowest BCUT2D eigenvalue weighted by atomic mass is 10.1. The molecule has 1 aromatic rings. The monoisotopic (exact) mass is 235 g/mol. The minimum Gasteiger partial charge on any atom is -0.480 e. The number of nitro groups is 1. The summed E-state index contributed by atoms with van der Waals surface area (Å²) < 4.78 is 5.07. The first-order chi connectivity index (χ1) is 8.07. The highest BCUT2D eigenvalue weighted by Crippen LogP contribution is 2.28. The van der Waals surface area contributed by atoms with Gasteiger partial charge in [-0.3, -0.25) is 10.1 Å². The zero-order chi connectivity index (χ0) is 12.8. The summed E-state index contributed by atoms with van der Waals surface area (Å²) in [6, 6.07) is 3.83. The van der Waals surface area contributed by atoms with Crippen molar-refractivity contribution in [3.05, 3.63) is 33.9 Å². The van der Waals surface area contributed by atoms with Crippen molar-refractivity contribution in [2.24, 2.45) is 0 Å². The van der Waals surface area contributed by atoms with Crippen LogP contribution in [0.5, 0.6) is 5.75 Å². The standard InChI is InChI=1S/C11H9NO5/c1-2-3-7-17-9-6-4-5-8(12(15)16)10(9)11(13)14/h4-6H,7H2,1H3,(H,13,14). The van der Waals surface area contributed by atoms with Crippen molar-refractivity contribution in [2.75, 3.05) is 6.61 Å². The molecule has 0 saturated carbocycles. The van der Waals surface area contributed by atoms with Gasteiger partial charge in [0.15, 0.2) is 5.56 Å². The van der Waals surface area contributed by atoms with Crippen molar-refractivity contribution in [3.8, 4) is 17.6 Å². The fraction of sp³-hybridized carbons (Fsp3) is 0.182. The zero-order valence-corrected chi connectivity index (χ0v) is 8.97. The van der Waals surface area contributed by atoms with Crippen LogP contribution in [-0.4, -0.2) is 22.6 Å². The van der Waals surface area contributed by atoms with Gasteiger partial charge in [-0.15, -0.1) is 5.92 Å². The van der Waals surface area contributed by atoms with Crippen molar-refractivity contribution in [3.63, 3.8) is 0 Å². The molecule has 6 heteroatoms. The van der Waals surface area contributed by atoms with Crippen LogP contribution in [0.4, 0.5) is 5.69 Å². The van der Waals surface area contributed by atoms with Crippen LogP contribution >= 0.6 is 0 Å². The second-order valence-electron chi connectivity index (χ2n) is 2.93. The van der Waals surface area contributed by atoms with Gasteiger partial charge >= 0.3 is 5.97 Å². The van der Waals surface area contributed by atoms with Crippen LogP contribution in [0.1, 0.15) is 17.3 Å². The molecule has 0 aliphatic heterocycles. The summed E-state index contributed by atoms with van der Waals surface area (Å²) in [6.45, 7) is 1.59. The van der Waals surface area contributed by atoms with E-state index in [2.05, 4.69) is 11.8 Å². The third kappa shape index (κ3) is 2.95. The molecule has 0 spiro atoms. The summed E-state index contributed by atoms with van der Waals surface area (Å²) >= 11 is 0. The average molecular weight is 235 g/mol. The number of carbonyl (C=O) groups is 1. The number of hydrogen-bond donors (Lipinski definition) is 1. The van der Waals surface area contributed by atoms with Crippen molar-refractivity contribution in [1.82, 2.24) is 0 Å². The van der Waals surface area contributed by atoms with Crippen LogP contribution in [0.15, 0.2) is 18.2 Å². The van der Waals surface area contributed by atoms with Gasteiger partial charge in [0, 0.05) is 6.07 Å². The molecule has 0 aromatic heterocycles. The molecule has 0 bridgehead atoms. The Labute approximate surface area is 97.0 Å². The maximum Gasteiger partial charge on any atom is 0.346 e. The van der Waals surface area contributed by atoms with Crippen molar-refractivity contribution in [2.45, 2.75) is 6.92 Å². The Hall–Kier alpha value is -2.55. The first kappa shape index (κ1) is 12.5. The van der Waals surface area contributed by atoms with E-state index < -0.39 is 22.1 Å². The highest BCUT2D eigenvalue weighted by atomic mass is 16.6. The molecule has 0 atom stereocenters. The molecule has 6 nitrogen and oxygen atoms in total. The van der Waals surface area contributed by atoms with Crippen LogP contribution in [0.3, 0.4) is 0 Å². The van der Waals surface area contributed by atoms with Gasteiger partial charge in [-0.25, -0.2) is 4.79 Å². The second kappa shape index (κ2) is 5.51. The first-order valence-electron chi connectivity index (χ1n) is 4.61. The van der Waals surface area contributed by atoms with E-state index in [9.17, 15) is 14.9 Å². The summed E-state index contributed by atoms with van der Waals surface area (Å²) in [5, 5.41) is 19.6. The third-order valence-electron chi connectivity index (χ3n) is 1.89. The lowest BCUT2D eigenvalue weighted by Gasteiger charge is -2.06. The molecule has 88 valence electrons. The van der Waals surface area contributed by atoms with Gasteiger partial charge in [-0.05, 0) is 13.0 Å². The number of carboxylic acid groups (broad SMARTS) is 1. The summed E-state index contributed by atoms with van der Waals surface area (Å²) in [7, 11) is 0. The summed E-state index contributed by atoms with van der Waals surface area (Å²) in [5.41, 5.74) is -0.963. The van der Waals surface area contributed by atoms with E-state index in [4.69, 9.17) is 9.84 Å². The van der Waals surface area contributed by atoms with Crippen LogP contribution in [-0.2, 0) is 0 Å². The fourth-order valence-corrected chi connectivity index (χ4v) is 1.19. The highest BCUT2D eigenvalue weighted by molar-refractivity contribution is 5.95. The van der Waals surface area contributed by atoms with Gasteiger partial charge in [-0.1, -0.05) is 12.0 Å². The Morgan fingerprint density at radius 2 is 2.29 bits per heavy atom. The molecule has 0 aliphatic rings. The minimum atomic E-state index is -1.41. The van der Waals surface area contributed by atoms with Crippen LogP contribution in [0.25, 0.3) is 0 Å². The predicted octanol–water partition coefficient (Wildman–Crippen LogP) is 1.70. The lowest BCUT2D eigenvalue weighted by Crippen LogP contribution is -2.07. The number of ether oxygens (including phenoxy) is 1. The second-order valence-corrected chi connectivity index (χ2v) is 2.93. The van der Waals surface area contributed by atoms with Crippen LogP contribution in [0, 0.1) is 22.0 Å². The normalized spacial score (nSPS) is 9.00. The van der Waals surface area contributed by atoms with Crippen LogP contribution < -0.4 is 4.74 Å². The molecule has 0 heterocycles. The molecular weight excluding hydrogens is 226 g/mol. The molecule has 0 saturated heterocycles. The molecule has 0 radical (unpaired) electrons. The van der Waals surface area contributed by atoms with Crippen molar-refractivity contribution in [1.29, 1.82) is 0 Å². The molecule has 0 fully saturated rings. The van der Waals surface area contributed by atoms with Crippen molar-refractivity contribution >= 4 is 11.7 Å². The number of aromatic carboxylic acids is 1. The molecule has 0 unspecified atom stereocenters. The molecule has 1 aromatic carbocycles. The number of rotatable bonds is 4. The maximum absolute atomic E-state index is 11.0. The third-order valence-corrected chi connectivity index (χ3v) is 1.89. The molecule has 0 amide bonds. The van der Waals surface area contributed by atoms with E-state index >= 15 is 0 Å². The van der Waals surface area contributed by atoms with Gasteiger partial charge in [0.25, 0.3) is 5.69 Å². The smallest absolute Gasteiger partial charge is 0.346 e. The highest BCUT2D eigenvalue weighted by Gasteiger charge is 2.24. The Morgan fingerprint density at radius 1 is 1.59 bits per heavy atom. The van der Waals surface area contributed by atoms with E-state index in [1.54, 1.807) is 6.92 Å². The van der Waals surface area contributed by atoms with E-state index in [1.165, 1.54) is 12.1 Å². The molecule has 1 N–H and O–H groups in total. The summed E-state index contributed by atoms with van der Waals surface area (Å²) in [6.07, 6.45) is 0. The maximum atomic E-state index is 11.0. The van der Waals surface area contributed by atoms with Gasteiger partial charge in [0.05, 0.1) is 4.92 Å². The Balaban J connectivity index is 3.18. The Morgan fingerprint density at radius 3 is 2.82 bits per heavy atom. The van der Waals surface area contributed by atoms with Crippen LogP contribution in [0.2, 0.25) is 0 Å². The number of carboxylic acids is 1. The molecule has 1 rings (SSSR count). The Kier molecular flexibility index (Phi) is 4.06. The van der Waals surface area contributed by atoms with E-state index in [0.29, 0.717) is 0 Å². The van der Waals surface area contributed by atoms with E-state index in [0.717, 1.165) is 6.07 Å². The number of nitro benzene ring substituents is 1. The summed E-state index contributed by atoms with van der Waals surface area (Å²) in [5.74, 6) is 3.68. The summed E-state index contributed by atoms with van der Waals surface area (Å²) in [4.78, 5) is 20.9. The number of nitrogens with zero attached hydrogens (tertiary/aromatic N) is 1. The fourth-order valence-electron chi connectivity index (χ4n) is 1.19. The van der Waals surface area contributed by atoms with Gasteiger partial charge in [0.1, 0.15) is 12.4 Å². The molecular formula is C11H9NO5. The van der Waals surface area contributed by atoms with Crippen molar-refractivity contribution < 1.29 is 19.6 Å². The quantitative estimate of drug-likeness (QED) is 0.487. The minimum absolute atomic E-state index is 0.0159. The molecule has 0 aliphatic carbocycles. The Bertz CT molecular complexity index is 512. The lowest BCUT2D eigenvalue weighted by molar-refractivity contribution is -0.385. The topological polar surface area (TPSA) is 89.7 Å². The number of benzene rings is 1. The SMILES string of the molecule is CC#CCOc1cccc([N+](=O)[O-])c1C(=O)O. The number of hydrogen-bond acceptors (Lipinski definition) is 4.